The number of benzene rings is 2. The molecule has 2 aromatic carbocycles. The topological polar surface area (TPSA) is 139 Å². The minimum Gasteiger partial charge on any atom is -0.496 e. The SMILES string of the molecule is COc1c(CN2CC(C(C)O)CO2)cccc1C1C=C(C(=O)NC(Cc2ccccc2)CN(C)C)CC(N=C(N)N)C1. The van der Waals surface area contributed by atoms with Gasteiger partial charge in [0.25, 0.3) is 0 Å². The van der Waals surface area contributed by atoms with Crippen molar-refractivity contribution in [1.82, 2.24) is 15.3 Å². The number of aliphatic imine (C=N–C) groups is 1. The van der Waals surface area contributed by atoms with Crippen LogP contribution >= 0.6 is 0 Å². The molecule has 1 aliphatic carbocycles. The van der Waals surface area contributed by atoms with Crippen LogP contribution in [0.4, 0.5) is 0 Å². The van der Waals surface area contributed by atoms with Crippen LogP contribution in [0, 0.1) is 5.92 Å². The van der Waals surface area contributed by atoms with Gasteiger partial charge in [0.2, 0.25) is 5.91 Å². The fraction of sp³-hybridized carbons (Fsp3) is 0.500. The van der Waals surface area contributed by atoms with Gasteiger partial charge in [-0.1, -0.05) is 54.6 Å². The number of guanidine groups is 1. The number of hydrogen-bond donors (Lipinski definition) is 4. The maximum atomic E-state index is 13.7. The van der Waals surface area contributed by atoms with Gasteiger partial charge >= 0.3 is 0 Å². The number of hydroxylamine groups is 2. The first-order valence-electron chi connectivity index (χ1n) is 14.6. The van der Waals surface area contributed by atoms with Crippen LogP contribution in [-0.4, -0.2) is 86.0 Å². The zero-order valence-corrected chi connectivity index (χ0v) is 25.2. The molecule has 0 saturated carbocycles. The molecule has 10 nitrogen and oxygen atoms in total. The minimum absolute atomic E-state index is 0.00883. The smallest absolute Gasteiger partial charge is 0.247 e. The summed E-state index contributed by atoms with van der Waals surface area (Å²) in [6.07, 6.45) is 3.43. The zero-order valence-electron chi connectivity index (χ0n) is 25.2. The Labute approximate surface area is 249 Å². The average Bonchev–Trinajstić information content (AvgIpc) is 3.41. The van der Waals surface area contributed by atoms with Crippen LogP contribution in [0.25, 0.3) is 0 Å². The van der Waals surface area contributed by atoms with Crippen LogP contribution < -0.4 is 21.5 Å². The lowest BCUT2D eigenvalue weighted by atomic mass is 9.81. The standard InChI is InChI=1S/C32H46N6O4/c1-21(39)26-18-38(42-20-26)17-23-11-8-12-29(30(23)41-4)24-14-25(16-27(15-24)36-32(33)34)31(40)35-28(19-37(2)3)13-22-9-6-5-7-10-22/h5-12,14,21,24,26-28,39H,13,15-20H2,1-4H3,(H,35,40)(H4,33,34,36). The third-order valence-electron chi connectivity index (χ3n) is 7.92. The highest BCUT2D eigenvalue weighted by atomic mass is 16.7. The lowest BCUT2D eigenvalue weighted by Gasteiger charge is -2.29. The van der Waals surface area contributed by atoms with E-state index in [-0.39, 0.29) is 35.8 Å². The normalized spacial score (nSPS) is 22.3. The van der Waals surface area contributed by atoms with Gasteiger partial charge in [-0.05, 0) is 39.4 Å². The third-order valence-corrected chi connectivity index (χ3v) is 7.92. The summed E-state index contributed by atoms with van der Waals surface area (Å²) >= 11 is 0. The predicted octanol–water partition coefficient (Wildman–Crippen LogP) is 2.17. The summed E-state index contributed by atoms with van der Waals surface area (Å²) in [4.78, 5) is 26.1. The van der Waals surface area contributed by atoms with Gasteiger partial charge in [0.15, 0.2) is 5.96 Å². The van der Waals surface area contributed by atoms with E-state index in [0.717, 1.165) is 23.3 Å². The van der Waals surface area contributed by atoms with Crippen LogP contribution in [0.3, 0.4) is 0 Å². The van der Waals surface area contributed by atoms with Crippen LogP contribution in [0.1, 0.15) is 42.4 Å². The highest BCUT2D eigenvalue weighted by Crippen LogP contribution is 2.39. The number of allylic oxidation sites excluding steroid dienone is 1. The van der Waals surface area contributed by atoms with Crippen LogP contribution in [-0.2, 0) is 22.6 Å². The molecule has 1 aliphatic heterocycles. The van der Waals surface area contributed by atoms with E-state index in [1.807, 2.05) is 61.6 Å². The number of hydrogen-bond acceptors (Lipinski definition) is 7. The molecule has 2 aromatic rings. The summed E-state index contributed by atoms with van der Waals surface area (Å²) in [5.74, 6) is 0.591. The largest absolute Gasteiger partial charge is 0.496 e. The summed E-state index contributed by atoms with van der Waals surface area (Å²) in [7, 11) is 5.67. The summed E-state index contributed by atoms with van der Waals surface area (Å²) in [5.41, 5.74) is 15.4. The fourth-order valence-electron chi connectivity index (χ4n) is 5.91. The predicted molar refractivity (Wildman–Crippen MR) is 165 cm³/mol. The molecule has 10 heteroatoms. The van der Waals surface area contributed by atoms with Crippen LogP contribution in [0.2, 0.25) is 0 Å². The van der Waals surface area contributed by atoms with Crippen molar-refractivity contribution in [3.05, 3.63) is 76.9 Å². The number of nitrogens with two attached hydrogens (primary N) is 2. The molecule has 1 fully saturated rings. The number of aliphatic hydroxyl groups is 1. The quantitative estimate of drug-likeness (QED) is 0.222. The van der Waals surface area contributed by atoms with E-state index in [0.29, 0.717) is 44.7 Å². The Balaban J connectivity index is 1.59. The van der Waals surface area contributed by atoms with Gasteiger partial charge in [0.05, 0.1) is 32.4 Å². The Morgan fingerprint density at radius 2 is 1.98 bits per heavy atom. The van der Waals surface area contributed by atoms with Crippen molar-refractivity contribution in [2.45, 2.75) is 56.8 Å². The maximum Gasteiger partial charge on any atom is 0.247 e. The molecule has 0 radical (unpaired) electrons. The Morgan fingerprint density at radius 1 is 1.21 bits per heavy atom. The molecule has 1 amide bonds. The van der Waals surface area contributed by atoms with Crippen molar-refractivity contribution < 1.29 is 19.5 Å². The molecule has 5 atom stereocenters. The zero-order chi connectivity index (χ0) is 30.2. The van der Waals surface area contributed by atoms with Crippen molar-refractivity contribution in [2.75, 3.05) is 40.9 Å². The molecule has 42 heavy (non-hydrogen) atoms. The Kier molecular flexibility index (Phi) is 11.0. The van der Waals surface area contributed by atoms with Gasteiger partial charge in [-0.2, -0.15) is 5.06 Å². The molecule has 0 spiro atoms. The summed E-state index contributed by atoms with van der Waals surface area (Å²) in [6, 6.07) is 15.9. The van der Waals surface area contributed by atoms with Crippen LogP contribution in [0.15, 0.2) is 65.2 Å². The lowest BCUT2D eigenvalue weighted by Crippen LogP contribution is -2.44. The number of carbonyl (C=O) groups is 1. The summed E-state index contributed by atoms with van der Waals surface area (Å²) in [5, 5.41) is 15.1. The number of nitrogens with zero attached hydrogens (tertiary/aromatic N) is 3. The molecular weight excluding hydrogens is 532 g/mol. The number of para-hydroxylation sites is 1. The van der Waals surface area contributed by atoms with E-state index in [2.05, 4.69) is 27.3 Å². The van der Waals surface area contributed by atoms with Gasteiger partial charge in [0, 0.05) is 54.1 Å². The highest BCUT2D eigenvalue weighted by molar-refractivity contribution is 5.94. The average molecular weight is 579 g/mol. The van der Waals surface area contributed by atoms with Gasteiger partial charge in [-0.25, -0.2) is 4.99 Å². The molecule has 228 valence electrons. The minimum atomic E-state index is -0.433. The number of amides is 1. The van der Waals surface area contributed by atoms with Gasteiger partial charge in [-0.15, -0.1) is 0 Å². The van der Waals surface area contributed by atoms with Gasteiger partial charge in [-0.3, -0.25) is 9.63 Å². The number of rotatable bonds is 12. The van der Waals surface area contributed by atoms with Crippen LogP contribution in [0.5, 0.6) is 5.75 Å². The van der Waals surface area contributed by atoms with Gasteiger partial charge < -0.3 is 31.5 Å². The van der Waals surface area contributed by atoms with Gasteiger partial charge in [0.1, 0.15) is 5.75 Å². The number of carbonyl (C=O) groups excluding carboxylic acids is 1. The summed E-state index contributed by atoms with van der Waals surface area (Å²) in [6.45, 7) is 4.15. The Bertz CT molecular complexity index is 1240. The highest BCUT2D eigenvalue weighted by Gasteiger charge is 2.31. The van der Waals surface area contributed by atoms with Crippen molar-refractivity contribution in [2.24, 2.45) is 22.4 Å². The monoisotopic (exact) mass is 578 g/mol. The number of aliphatic hydroxyl groups excluding tert-OH is 1. The second-order valence-electron chi connectivity index (χ2n) is 11.7. The molecule has 6 N–H and O–H groups in total. The molecule has 4 rings (SSSR count). The molecule has 1 saturated heterocycles. The Hall–Kier alpha value is -3.44. The molecule has 2 aliphatic rings. The Morgan fingerprint density at radius 3 is 2.62 bits per heavy atom. The fourth-order valence-corrected chi connectivity index (χ4v) is 5.91. The van der Waals surface area contributed by atoms with E-state index >= 15 is 0 Å². The van der Waals surface area contributed by atoms with Crippen molar-refractivity contribution in [3.63, 3.8) is 0 Å². The maximum absolute atomic E-state index is 13.7. The van der Waals surface area contributed by atoms with E-state index in [9.17, 15) is 9.90 Å². The lowest BCUT2D eigenvalue weighted by molar-refractivity contribution is -0.118. The second-order valence-corrected chi connectivity index (χ2v) is 11.7. The van der Waals surface area contributed by atoms with E-state index in [1.165, 1.54) is 5.56 Å². The molecule has 5 unspecified atom stereocenters. The van der Waals surface area contributed by atoms with E-state index in [1.54, 1.807) is 14.0 Å². The molecular formula is C32H46N6O4. The van der Waals surface area contributed by atoms with E-state index < -0.39 is 6.10 Å². The molecule has 1 heterocycles. The molecule has 0 bridgehead atoms. The van der Waals surface area contributed by atoms with Crippen molar-refractivity contribution in [1.29, 1.82) is 0 Å². The first-order valence-corrected chi connectivity index (χ1v) is 14.6. The first kappa shape index (κ1) is 31.5. The third kappa shape index (κ3) is 8.54. The number of likely N-dealkylation sites (N-methyl/N-ethyl adjacent to an activating group) is 1. The summed E-state index contributed by atoms with van der Waals surface area (Å²) < 4.78 is 5.95. The number of ether oxygens (including phenoxy) is 1. The van der Waals surface area contributed by atoms with E-state index in [4.69, 9.17) is 21.0 Å². The van der Waals surface area contributed by atoms with Crippen molar-refractivity contribution >= 4 is 11.9 Å². The van der Waals surface area contributed by atoms with Crippen molar-refractivity contribution in [3.8, 4) is 5.75 Å². The second kappa shape index (κ2) is 14.6. The molecule has 0 aromatic heterocycles. The number of nitrogens with one attached hydrogen (secondary N) is 1. The number of methoxy groups -OCH3 is 1. The first-order chi connectivity index (χ1) is 20.1.